The summed E-state index contributed by atoms with van der Waals surface area (Å²) in [6.07, 6.45) is -4.70. The minimum absolute atomic E-state index is 0.213. The molecule has 210 valence electrons. The first-order valence-corrected chi connectivity index (χ1v) is 14.6. The zero-order chi connectivity index (χ0) is 29.1. The summed E-state index contributed by atoms with van der Waals surface area (Å²) < 4.78 is 54.9. The van der Waals surface area contributed by atoms with Gasteiger partial charge < -0.3 is 5.32 Å². The molecule has 0 spiro atoms. The number of aromatic nitrogens is 1. The van der Waals surface area contributed by atoms with Crippen LogP contribution in [0.15, 0.2) is 75.9 Å². The first-order chi connectivity index (χ1) is 19.5. The Morgan fingerprint density at radius 2 is 1.68 bits per heavy atom. The summed E-state index contributed by atoms with van der Waals surface area (Å²) in [6.45, 7) is -0.595. The number of hydrogen-bond donors (Lipinski definition) is 1. The van der Waals surface area contributed by atoms with Crippen LogP contribution in [0.5, 0.6) is 0 Å². The average Bonchev–Trinajstić information content (AvgIpc) is 3.62. The summed E-state index contributed by atoms with van der Waals surface area (Å²) in [7, 11) is 0. The van der Waals surface area contributed by atoms with Crippen molar-refractivity contribution in [2.45, 2.75) is 28.9 Å². The lowest BCUT2D eigenvalue weighted by molar-refractivity contribution is -0.137. The van der Waals surface area contributed by atoms with Gasteiger partial charge in [-0.3, -0.25) is 23.7 Å². The predicted octanol–water partition coefficient (Wildman–Crippen LogP) is 5.56. The number of thioether (sulfide) groups is 1. The topological polar surface area (TPSA) is 88.5 Å². The lowest BCUT2D eigenvalue weighted by atomic mass is 9.87. The second kappa shape index (κ2) is 10.3. The Hall–Kier alpha value is -3.75. The van der Waals surface area contributed by atoms with E-state index in [1.165, 1.54) is 35.6 Å². The Labute approximate surface area is 241 Å². The normalized spacial score (nSPS) is 20.2. The van der Waals surface area contributed by atoms with Crippen LogP contribution in [-0.4, -0.2) is 27.5 Å². The Morgan fingerprint density at radius 1 is 0.951 bits per heavy atom. The number of thiazole rings is 1. The summed E-state index contributed by atoms with van der Waals surface area (Å²) in [6, 6.07) is 13.0. The summed E-state index contributed by atoms with van der Waals surface area (Å²) in [5.41, 5.74) is -1.26. The van der Waals surface area contributed by atoms with Crippen molar-refractivity contribution in [1.82, 2.24) is 4.57 Å². The number of nitrogens with zero attached hydrogens (tertiary/aromatic N) is 2. The lowest BCUT2D eigenvalue weighted by Gasteiger charge is -2.29. The standard InChI is InChI=1S/C27H17F4N3O4S3/c28-13-7-9-14(10-8-13)34-23(36)20-19(17-6-3-11-39-17)22-25(40-21(20)24(34)37)33(26(38)41-22)12-18(35)32-16-5-2-1-4-15(16)27(29,30)31/h1-11,19-21H,12H2,(H,32,35). The van der Waals surface area contributed by atoms with Crippen molar-refractivity contribution < 1.29 is 31.9 Å². The first-order valence-electron chi connectivity index (χ1n) is 12.1. The van der Waals surface area contributed by atoms with Crippen LogP contribution in [0.4, 0.5) is 28.9 Å². The Balaban J connectivity index is 1.37. The summed E-state index contributed by atoms with van der Waals surface area (Å²) in [4.78, 5) is 55.1. The van der Waals surface area contributed by atoms with Crippen LogP contribution in [0.25, 0.3) is 0 Å². The molecule has 2 aromatic carbocycles. The molecule has 1 saturated heterocycles. The smallest absolute Gasteiger partial charge is 0.324 e. The number of halogens is 4. The number of para-hydroxylation sites is 1. The van der Waals surface area contributed by atoms with Gasteiger partial charge in [-0.15, -0.1) is 11.3 Å². The Morgan fingerprint density at radius 3 is 2.37 bits per heavy atom. The van der Waals surface area contributed by atoms with Crippen molar-refractivity contribution in [3.05, 3.63) is 96.8 Å². The molecule has 0 aliphatic carbocycles. The van der Waals surface area contributed by atoms with Crippen LogP contribution in [0.2, 0.25) is 0 Å². The minimum Gasteiger partial charge on any atom is -0.324 e. The van der Waals surface area contributed by atoms with E-state index in [4.69, 9.17) is 0 Å². The van der Waals surface area contributed by atoms with Crippen LogP contribution in [0.1, 0.15) is 21.2 Å². The zero-order valence-corrected chi connectivity index (χ0v) is 23.0. The fourth-order valence-corrected chi connectivity index (χ4v) is 8.77. The molecule has 1 fully saturated rings. The van der Waals surface area contributed by atoms with Gasteiger partial charge in [-0.1, -0.05) is 41.3 Å². The third kappa shape index (κ3) is 4.79. The van der Waals surface area contributed by atoms with Crippen LogP contribution >= 0.6 is 34.4 Å². The highest BCUT2D eigenvalue weighted by Crippen LogP contribution is 2.54. The molecule has 0 radical (unpaired) electrons. The van der Waals surface area contributed by atoms with Crippen molar-refractivity contribution in [1.29, 1.82) is 0 Å². The van der Waals surface area contributed by atoms with E-state index in [-0.39, 0.29) is 5.69 Å². The number of nitrogens with one attached hydrogen (secondary N) is 1. The molecule has 2 aliphatic rings. The predicted molar refractivity (Wildman–Crippen MR) is 147 cm³/mol. The fraction of sp³-hybridized carbons (Fsp3) is 0.185. The number of hydrogen-bond acceptors (Lipinski definition) is 7. The maximum atomic E-state index is 13.7. The number of thiophene rings is 1. The number of anilines is 2. The largest absolute Gasteiger partial charge is 0.418 e. The van der Waals surface area contributed by atoms with Crippen molar-refractivity contribution in [2.75, 3.05) is 10.2 Å². The van der Waals surface area contributed by atoms with E-state index in [9.17, 15) is 36.7 Å². The molecule has 7 nitrogen and oxygen atoms in total. The van der Waals surface area contributed by atoms with Gasteiger partial charge in [-0.05, 0) is 47.8 Å². The van der Waals surface area contributed by atoms with Crippen molar-refractivity contribution in [3.63, 3.8) is 0 Å². The third-order valence-electron chi connectivity index (χ3n) is 6.79. The summed E-state index contributed by atoms with van der Waals surface area (Å²) >= 11 is 3.16. The van der Waals surface area contributed by atoms with E-state index >= 15 is 0 Å². The van der Waals surface area contributed by atoms with E-state index in [2.05, 4.69) is 5.32 Å². The number of imide groups is 1. The molecular formula is C27H17F4N3O4S3. The molecule has 3 amide bonds. The number of rotatable bonds is 5. The van der Waals surface area contributed by atoms with E-state index in [1.54, 1.807) is 17.5 Å². The molecule has 4 aromatic rings. The van der Waals surface area contributed by atoms with Gasteiger partial charge in [0.25, 0.3) is 0 Å². The number of amides is 3. The van der Waals surface area contributed by atoms with Crippen LogP contribution in [0.3, 0.4) is 0 Å². The Kier molecular flexibility index (Phi) is 6.86. The van der Waals surface area contributed by atoms with Gasteiger partial charge >= 0.3 is 11.0 Å². The fourth-order valence-electron chi connectivity index (χ4n) is 5.05. The average molecular weight is 620 g/mol. The number of fused-ring (bicyclic) bond motifs is 2. The molecule has 14 heteroatoms. The van der Waals surface area contributed by atoms with Gasteiger partial charge in [0.15, 0.2) is 0 Å². The van der Waals surface area contributed by atoms with E-state index in [0.29, 0.717) is 9.90 Å². The molecule has 1 N–H and O–H groups in total. The zero-order valence-electron chi connectivity index (χ0n) is 20.6. The summed E-state index contributed by atoms with van der Waals surface area (Å²) in [5.74, 6) is -3.94. The van der Waals surface area contributed by atoms with Gasteiger partial charge in [0.1, 0.15) is 17.6 Å². The molecule has 2 aromatic heterocycles. The molecule has 0 bridgehead atoms. The maximum absolute atomic E-state index is 13.7. The van der Waals surface area contributed by atoms with Crippen molar-refractivity contribution >= 4 is 63.5 Å². The molecular weight excluding hydrogens is 603 g/mol. The Bertz CT molecular complexity index is 1730. The highest BCUT2D eigenvalue weighted by atomic mass is 32.2. The number of carbonyl (C=O) groups is 3. The van der Waals surface area contributed by atoms with Gasteiger partial charge in [0, 0.05) is 15.7 Å². The molecule has 41 heavy (non-hydrogen) atoms. The SMILES string of the molecule is O=C(Cn1c2c(sc1=O)C(c1cccs1)C1C(=O)N(c3ccc(F)cc3)C(=O)C1S2)Nc1ccccc1C(F)(F)F. The molecule has 3 atom stereocenters. The van der Waals surface area contributed by atoms with Crippen molar-refractivity contribution in [2.24, 2.45) is 5.92 Å². The molecule has 0 saturated carbocycles. The highest BCUT2D eigenvalue weighted by molar-refractivity contribution is 8.00. The van der Waals surface area contributed by atoms with Gasteiger partial charge in [0.05, 0.1) is 27.9 Å². The van der Waals surface area contributed by atoms with E-state index in [1.807, 2.05) is 0 Å². The van der Waals surface area contributed by atoms with E-state index < -0.39 is 69.5 Å². The molecule has 3 unspecified atom stereocenters. The highest BCUT2D eigenvalue weighted by Gasteiger charge is 2.57. The van der Waals surface area contributed by atoms with Gasteiger partial charge in [0.2, 0.25) is 17.7 Å². The van der Waals surface area contributed by atoms with Gasteiger partial charge in [-0.25, -0.2) is 9.29 Å². The first kappa shape index (κ1) is 27.4. The van der Waals surface area contributed by atoms with Crippen LogP contribution in [0, 0.1) is 11.7 Å². The molecule has 2 aliphatic heterocycles. The molecule has 4 heterocycles. The number of alkyl halides is 3. The van der Waals surface area contributed by atoms with E-state index in [0.717, 1.165) is 61.7 Å². The second-order valence-corrected chi connectivity index (χ2v) is 12.4. The minimum atomic E-state index is -4.70. The number of carbonyl (C=O) groups excluding carboxylic acids is 3. The maximum Gasteiger partial charge on any atom is 0.418 e. The third-order valence-corrected chi connectivity index (χ3v) is 10.4. The summed E-state index contributed by atoms with van der Waals surface area (Å²) in [5, 5.41) is 3.41. The monoisotopic (exact) mass is 619 g/mol. The quantitative estimate of drug-likeness (QED) is 0.233. The van der Waals surface area contributed by atoms with Crippen LogP contribution in [-0.2, 0) is 27.1 Å². The number of benzene rings is 2. The van der Waals surface area contributed by atoms with Crippen molar-refractivity contribution in [3.8, 4) is 0 Å². The molecule has 6 rings (SSSR count). The lowest BCUT2D eigenvalue weighted by Crippen LogP contribution is -2.32. The second-order valence-electron chi connectivity index (χ2n) is 9.26. The van der Waals surface area contributed by atoms with Crippen LogP contribution < -0.4 is 15.1 Å². The van der Waals surface area contributed by atoms with Gasteiger partial charge in [-0.2, -0.15) is 13.2 Å².